The molecule has 0 saturated carbocycles. The Bertz CT molecular complexity index is 105. The fourth-order valence-electron chi connectivity index (χ4n) is 0.200. The minimum Gasteiger partial charge on any atom is -0.458 e. The summed E-state index contributed by atoms with van der Waals surface area (Å²) in [5.74, 6) is -0.412. The van der Waals surface area contributed by atoms with Crippen molar-refractivity contribution in [2.45, 2.75) is 0 Å². The maximum atomic E-state index is 10.2. The number of hydrogen-bond donors (Lipinski definition) is 0. The van der Waals surface area contributed by atoms with Crippen molar-refractivity contribution in [1.29, 1.82) is 0 Å². The molecule has 0 aliphatic heterocycles. The Kier molecular flexibility index (Phi) is 8.38. The van der Waals surface area contributed by atoms with Crippen molar-refractivity contribution in [3.63, 3.8) is 0 Å². The van der Waals surface area contributed by atoms with Crippen LogP contribution >= 0.6 is 0 Å². The van der Waals surface area contributed by atoms with E-state index in [4.69, 9.17) is 0 Å². The van der Waals surface area contributed by atoms with Crippen LogP contribution in [0, 0.1) is 7.43 Å². The summed E-state index contributed by atoms with van der Waals surface area (Å²) < 4.78 is 4.47. The van der Waals surface area contributed by atoms with Crippen molar-refractivity contribution in [2.75, 3.05) is 6.61 Å². The number of rotatable bonds is 3. The first kappa shape index (κ1) is 10.8. The molecule has 0 amide bonds. The fourth-order valence-corrected chi connectivity index (χ4v) is 0.200. The van der Waals surface area contributed by atoms with Crippen LogP contribution in [0.1, 0.15) is 0 Å². The maximum absolute atomic E-state index is 10.2. The predicted octanol–water partition coefficient (Wildman–Crippen LogP) is 0.983. The highest BCUT2D eigenvalue weighted by Crippen LogP contribution is 1.77. The summed E-state index contributed by atoms with van der Waals surface area (Å²) >= 11 is 0. The lowest BCUT2D eigenvalue weighted by molar-refractivity contribution is -0.136. The van der Waals surface area contributed by atoms with Crippen LogP contribution in [0.15, 0.2) is 25.3 Å². The Hall–Kier alpha value is -1.05. The van der Waals surface area contributed by atoms with Gasteiger partial charge in [0.2, 0.25) is 0 Å². The van der Waals surface area contributed by atoms with Crippen molar-refractivity contribution < 1.29 is 9.53 Å². The second-order valence-corrected chi connectivity index (χ2v) is 1.12. The van der Waals surface area contributed by atoms with Crippen LogP contribution < -0.4 is 0 Å². The zero-order valence-electron chi connectivity index (χ0n) is 5.09. The van der Waals surface area contributed by atoms with Gasteiger partial charge >= 0.3 is 5.97 Å². The van der Waals surface area contributed by atoms with Gasteiger partial charge in [-0.05, 0) is 0 Å². The summed E-state index contributed by atoms with van der Waals surface area (Å²) in [6.45, 7) is 6.81. The standard InChI is InChI=1S/C6H8O2.C/c1-3-5-8-6(7)4-2;/h3-4H,1-2,5H2;. The summed E-state index contributed by atoms with van der Waals surface area (Å²) in [4.78, 5) is 10.2. The van der Waals surface area contributed by atoms with E-state index in [1.807, 2.05) is 0 Å². The van der Waals surface area contributed by atoms with Gasteiger partial charge in [-0.2, -0.15) is 0 Å². The summed E-state index contributed by atoms with van der Waals surface area (Å²) in [7, 11) is 0. The van der Waals surface area contributed by atoms with Crippen LogP contribution in [-0.2, 0) is 9.53 Å². The van der Waals surface area contributed by atoms with Crippen molar-refractivity contribution in [3.8, 4) is 0 Å². The molecule has 0 saturated heterocycles. The highest BCUT2D eigenvalue weighted by molar-refractivity contribution is 5.81. The molecular formula is C7H8O2. The van der Waals surface area contributed by atoms with Gasteiger partial charge in [0, 0.05) is 13.5 Å². The van der Waals surface area contributed by atoms with E-state index in [-0.39, 0.29) is 14.0 Å². The molecule has 2 nitrogen and oxygen atoms in total. The lowest BCUT2D eigenvalue weighted by atomic mass is 10.6. The van der Waals surface area contributed by atoms with Gasteiger partial charge in [-0.3, -0.25) is 0 Å². The number of hydrogen-bond acceptors (Lipinski definition) is 2. The summed E-state index contributed by atoms with van der Waals surface area (Å²) in [5, 5.41) is 0. The van der Waals surface area contributed by atoms with E-state index in [0.29, 0.717) is 0 Å². The average Bonchev–Trinajstić information content (AvgIpc) is 1.83. The predicted molar refractivity (Wildman–Crippen MR) is 34.6 cm³/mol. The van der Waals surface area contributed by atoms with E-state index in [9.17, 15) is 4.79 Å². The van der Waals surface area contributed by atoms with Gasteiger partial charge in [-0.15, -0.1) is 0 Å². The van der Waals surface area contributed by atoms with Crippen molar-refractivity contribution in [2.24, 2.45) is 0 Å². The fraction of sp³-hybridized carbons (Fsp3) is 0.143. The first-order valence-electron chi connectivity index (χ1n) is 2.21. The Morgan fingerprint density at radius 3 is 2.44 bits per heavy atom. The van der Waals surface area contributed by atoms with Gasteiger partial charge in [0.05, 0.1) is 0 Å². The number of ether oxygens (including phenoxy) is 1. The molecule has 0 aliphatic carbocycles. The van der Waals surface area contributed by atoms with Crippen molar-refractivity contribution >= 4 is 5.97 Å². The number of carbonyl (C=O) groups excluding carboxylic acids is 1. The zero-order chi connectivity index (χ0) is 6.41. The normalized spacial score (nSPS) is 6.67. The Labute approximate surface area is 55.8 Å². The molecule has 0 spiro atoms. The molecule has 9 heavy (non-hydrogen) atoms. The SMILES string of the molecule is C=CCOC(=O)C=C.[C]. The molecule has 0 aliphatic rings. The van der Waals surface area contributed by atoms with Crippen molar-refractivity contribution in [3.05, 3.63) is 32.7 Å². The van der Waals surface area contributed by atoms with Gasteiger partial charge in [0.15, 0.2) is 0 Å². The first-order chi connectivity index (χ1) is 3.81. The molecule has 0 fully saturated rings. The molecule has 0 heterocycles. The molecule has 0 bridgehead atoms. The summed E-state index contributed by atoms with van der Waals surface area (Å²) in [5.41, 5.74) is 0. The molecule has 0 aromatic heterocycles. The maximum Gasteiger partial charge on any atom is 0.330 e. The zero-order valence-corrected chi connectivity index (χ0v) is 5.09. The molecule has 0 aromatic rings. The van der Waals surface area contributed by atoms with E-state index in [1.165, 1.54) is 6.08 Å². The molecule has 0 atom stereocenters. The average molecular weight is 124 g/mol. The molecule has 4 radical (unpaired) electrons. The smallest absolute Gasteiger partial charge is 0.330 e. The molecule has 0 N–H and O–H groups in total. The molecule has 2 heteroatoms. The highest BCUT2D eigenvalue weighted by atomic mass is 16.5. The largest absolute Gasteiger partial charge is 0.458 e. The van der Waals surface area contributed by atoms with Gasteiger partial charge in [0.25, 0.3) is 0 Å². The second kappa shape index (κ2) is 6.95. The first-order valence-corrected chi connectivity index (χ1v) is 2.21. The van der Waals surface area contributed by atoms with Crippen LogP contribution in [-0.4, -0.2) is 12.6 Å². The third-order valence-electron chi connectivity index (χ3n) is 0.510. The lowest BCUT2D eigenvalue weighted by Gasteiger charge is -1.92. The Balaban J connectivity index is 0. The Morgan fingerprint density at radius 1 is 1.56 bits per heavy atom. The highest BCUT2D eigenvalue weighted by Gasteiger charge is 1.87. The quantitative estimate of drug-likeness (QED) is 0.318. The van der Waals surface area contributed by atoms with E-state index in [0.717, 1.165) is 6.08 Å². The molecule has 0 aromatic carbocycles. The van der Waals surface area contributed by atoms with E-state index >= 15 is 0 Å². The van der Waals surface area contributed by atoms with Crippen LogP contribution in [0.25, 0.3) is 0 Å². The molecular weight excluding hydrogens is 116 g/mol. The topological polar surface area (TPSA) is 26.3 Å². The number of carbonyl (C=O) groups is 1. The van der Waals surface area contributed by atoms with Crippen LogP contribution in [0.2, 0.25) is 0 Å². The van der Waals surface area contributed by atoms with E-state index in [1.54, 1.807) is 0 Å². The minimum atomic E-state index is -0.412. The third-order valence-corrected chi connectivity index (χ3v) is 0.510. The molecule has 0 unspecified atom stereocenters. The van der Waals surface area contributed by atoms with E-state index < -0.39 is 5.97 Å². The summed E-state index contributed by atoms with van der Waals surface area (Å²) in [6.07, 6.45) is 2.62. The van der Waals surface area contributed by atoms with Gasteiger partial charge < -0.3 is 4.74 Å². The third kappa shape index (κ3) is 6.95. The minimum absolute atomic E-state index is 0. The Morgan fingerprint density at radius 2 is 2.11 bits per heavy atom. The summed E-state index contributed by atoms with van der Waals surface area (Å²) in [6, 6.07) is 0. The molecule has 48 valence electrons. The monoisotopic (exact) mass is 124 g/mol. The van der Waals surface area contributed by atoms with Crippen LogP contribution in [0.5, 0.6) is 0 Å². The molecule has 0 rings (SSSR count). The lowest BCUT2D eigenvalue weighted by Crippen LogP contribution is -1.98. The van der Waals surface area contributed by atoms with Gasteiger partial charge in [0.1, 0.15) is 6.61 Å². The van der Waals surface area contributed by atoms with Crippen LogP contribution in [0.3, 0.4) is 0 Å². The second-order valence-electron chi connectivity index (χ2n) is 1.12. The van der Waals surface area contributed by atoms with Crippen molar-refractivity contribution in [1.82, 2.24) is 0 Å². The number of esters is 1. The van der Waals surface area contributed by atoms with Gasteiger partial charge in [-0.1, -0.05) is 19.2 Å². The van der Waals surface area contributed by atoms with E-state index in [2.05, 4.69) is 17.9 Å². The van der Waals surface area contributed by atoms with Crippen LogP contribution in [0.4, 0.5) is 0 Å². The van der Waals surface area contributed by atoms with Gasteiger partial charge in [-0.25, -0.2) is 4.79 Å².